The van der Waals surface area contributed by atoms with Crippen molar-refractivity contribution in [3.63, 3.8) is 0 Å². The summed E-state index contributed by atoms with van der Waals surface area (Å²) in [5.41, 5.74) is -0.167. The van der Waals surface area contributed by atoms with E-state index in [1.165, 1.54) is 10.9 Å². The third-order valence-corrected chi connectivity index (χ3v) is 2.41. The van der Waals surface area contributed by atoms with Gasteiger partial charge in [0.25, 0.3) is 0 Å². The highest BCUT2D eigenvalue weighted by atomic mass is 16.4. The van der Waals surface area contributed by atoms with Gasteiger partial charge >= 0.3 is 5.97 Å². The number of aromatic carboxylic acids is 1. The van der Waals surface area contributed by atoms with Crippen molar-refractivity contribution < 1.29 is 14.7 Å². The summed E-state index contributed by atoms with van der Waals surface area (Å²) in [7, 11) is 0. The number of carboxylic acids is 1. The number of carbonyl (C=O) groups is 2. The number of amides is 1. The average Bonchev–Trinajstić information content (AvgIpc) is 2.74. The minimum Gasteiger partial charge on any atom is -0.476 e. The molecule has 1 aromatic heterocycles. The Hall–Kier alpha value is -1.92. The molecule has 0 fully saturated rings. The van der Waals surface area contributed by atoms with Gasteiger partial charge in [-0.2, -0.15) is 0 Å². The van der Waals surface area contributed by atoms with E-state index in [-0.39, 0.29) is 18.1 Å². The van der Waals surface area contributed by atoms with Gasteiger partial charge in [0.2, 0.25) is 5.91 Å². The zero-order valence-corrected chi connectivity index (χ0v) is 9.88. The van der Waals surface area contributed by atoms with Gasteiger partial charge in [-0.25, -0.2) is 9.48 Å². The van der Waals surface area contributed by atoms with Gasteiger partial charge < -0.3 is 10.4 Å². The lowest BCUT2D eigenvalue weighted by molar-refractivity contribution is -0.122. The lowest BCUT2D eigenvalue weighted by Crippen LogP contribution is -2.31. The van der Waals surface area contributed by atoms with Crippen LogP contribution in [0, 0.1) is 5.92 Å². The van der Waals surface area contributed by atoms with Crippen molar-refractivity contribution in [3.05, 3.63) is 11.9 Å². The lowest BCUT2D eigenvalue weighted by atomic mass is 10.1. The smallest absolute Gasteiger partial charge is 0.358 e. The molecule has 0 bridgehead atoms. The van der Waals surface area contributed by atoms with Crippen molar-refractivity contribution in [2.24, 2.45) is 5.92 Å². The molecule has 0 radical (unpaired) electrons. The predicted octanol–water partition coefficient (Wildman–Crippen LogP) is 0.139. The largest absolute Gasteiger partial charge is 0.476 e. The fraction of sp³-hybridized carbons (Fsp3) is 0.600. The number of hydrogen-bond acceptors (Lipinski definition) is 4. The Bertz CT molecular complexity index is 402. The molecule has 0 spiro atoms. The number of aromatic nitrogens is 3. The van der Waals surface area contributed by atoms with Crippen molar-refractivity contribution in [1.29, 1.82) is 0 Å². The van der Waals surface area contributed by atoms with Crippen LogP contribution in [0.3, 0.4) is 0 Å². The highest BCUT2D eigenvalue weighted by Gasteiger charge is 2.10. The van der Waals surface area contributed by atoms with Crippen LogP contribution in [0.4, 0.5) is 0 Å². The molecule has 0 saturated heterocycles. The van der Waals surface area contributed by atoms with Crippen molar-refractivity contribution in [2.75, 3.05) is 6.54 Å². The van der Waals surface area contributed by atoms with Gasteiger partial charge in [-0.15, -0.1) is 5.10 Å². The molecule has 17 heavy (non-hydrogen) atoms. The van der Waals surface area contributed by atoms with Crippen LogP contribution in [-0.4, -0.2) is 38.5 Å². The SMILES string of the molecule is CCC(C)CNC(=O)Cn1cc(C(=O)O)nn1. The van der Waals surface area contributed by atoms with E-state index in [0.717, 1.165) is 6.42 Å². The second kappa shape index (κ2) is 5.97. The number of nitrogens with one attached hydrogen (secondary N) is 1. The Labute approximate surface area is 98.8 Å². The molecule has 0 aliphatic carbocycles. The minimum atomic E-state index is -1.16. The summed E-state index contributed by atoms with van der Waals surface area (Å²) in [5, 5.41) is 18.3. The highest BCUT2D eigenvalue weighted by molar-refractivity contribution is 5.84. The van der Waals surface area contributed by atoms with E-state index in [1.807, 2.05) is 13.8 Å². The van der Waals surface area contributed by atoms with Crippen molar-refractivity contribution in [3.8, 4) is 0 Å². The molecule has 94 valence electrons. The van der Waals surface area contributed by atoms with Crippen LogP contribution < -0.4 is 5.32 Å². The van der Waals surface area contributed by atoms with Gasteiger partial charge in [-0.05, 0) is 5.92 Å². The molecule has 7 nitrogen and oxygen atoms in total. The molecular formula is C10H16N4O3. The van der Waals surface area contributed by atoms with Gasteiger partial charge in [0, 0.05) is 6.54 Å². The van der Waals surface area contributed by atoms with Crippen molar-refractivity contribution in [1.82, 2.24) is 20.3 Å². The van der Waals surface area contributed by atoms with Gasteiger partial charge in [-0.1, -0.05) is 25.5 Å². The topological polar surface area (TPSA) is 97.1 Å². The quantitative estimate of drug-likeness (QED) is 0.737. The van der Waals surface area contributed by atoms with Crippen LogP contribution in [0.1, 0.15) is 30.8 Å². The van der Waals surface area contributed by atoms with Crippen LogP contribution in [-0.2, 0) is 11.3 Å². The number of nitrogens with zero attached hydrogens (tertiary/aromatic N) is 3. The predicted molar refractivity (Wildman–Crippen MR) is 59.4 cm³/mol. The molecule has 2 N–H and O–H groups in total. The van der Waals surface area contributed by atoms with Crippen LogP contribution in [0.25, 0.3) is 0 Å². The Morgan fingerprint density at radius 2 is 2.29 bits per heavy atom. The van der Waals surface area contributed by atoms with Gasteiger partial charge in [0.05, 0.1) is 6.20 Å². The summed E-state index contributed by atoms with van der Waals surface area (Å²) >= 11 is 0. The Morgan fingerprint density at radius 3 is 2.82 bits per heavy atom. The van der Waals surface area contributed by atoms with Gasteiger partial charge in [0.1, 0.15) is 6.54 Å². The normalized spacial score (nSPS) is 12.1. The van der Waals surface area contributed by atoms with E-state index >= 15 is 0 Å². The van der Waals surface area contributed by atoms with Crippen LogP contribution in [0.15, 0.2) is 6.20 Å². The number of carbonyl (C=O) groups excluding carboxylic acids is 1. The lowest BCUT2D eigenvalue weighted by Gasteiger charge is -2.09. The third kappa shape index (κ3) is 4.21. The maximum absolute atomic E-state index is 11.5. The van der Waals surface area contributed by atoms with Crippen LogP contribution >= 0.6 is 0 Å². The monoisotopic (exact) mass is 240 g/mol. The summed E-state index contributed by atoms with van der Waals surface area (Å²) in [6, 6.07) is 0. The fourth-order valence-electron chi connectivity index (χ4n) is 1.11. The second-order valence-electron chi connectivity index (χ2n) is 3.92. The second-order valence-corrected chi connectivity index (χ2v) is 3.92. The first-order valence-corrected chi connectivity index (χ1v) is 5.43. The number of rotatable bonds is 6. The molecule has 0 aromatic carbocycles. The Morgan fingerprint density at radius 1 is 1.59 bits per heavy atom. The summed E-state index contributed by atoms with van der Waals surface area (Å²) in [6.07, 6.45) is 2.22. The highest BCUT2D eigenvalue weighted by Crippen LogP contribution is 1.97. The zero-order chi connectivity index (χ0) is 12.8. The maximum Gasteiger partial charge on any atom is 0.358 e. The summed E-state index contributed by atoms with van der Waals surface area (Å²) in [4.78, 5) is 22.0. The van der Waals surface area contributed by atoms with E-state index in [0.29, 0.717) is 12.5 Å². The zero-order valence-electron chi connectivity index (χ0n) is 9.88. The molecule has 0 aliphatic rings. The first-order chi connectivity index (χ1) is 8.02. The molecule has 1 amide bonds. The Kier molecular flexibility index (Phi) is 4.62. The number of hydrogen-bond donors (Lipinski definition) is 2. The first-order valence-electron chi connectivity index (χ1n) is 5.43. The molecule has 1 heterocycles. The van der Waals surface area contributed by atoms with E-state index in [4.69, 9.17) is 5.11 Å². The maximum atomic E-state index is 11.5. The standard InChI is InChI=1S/C10H16N4O3/c1-3-7(2)4-11-9(15)6-14-5-8(10(16)17)12-13-14/h5,7H,3-4,6H2,1-2H3,(H,11,15)(H,16,17). The molecular weight excluding hydrogens is 224 g/mol. The minimum absolute atomic E-state index is 0.0171. The third-order valence-electron chi connectivity index (χ3n) is 2.41. The van der Waals surface area contributed by atoms with Crippen LogP contribution in [0.2, 0.25) is 0 Å². The van der Waals surface area contributed by atoms with E-state index in [2.05, 4.69) is 15.6 Å². The molecule has 1 aromatic rings. The Balaban J connectivity index is 2.42. The molecule has 1 atom stereocenters. The molecule has 1 rings (SSSR count). The van der Waals surface area contributed by atoms with Crippen molar-refractivity contribution in [2.45, 2.75) is 26.8 Å². The van der Waals surface area contributed by atoms with Crippen molar-refractivity contribution >= 4 is 11.9 Å². The van der Waals surface area contributed by atoms with Gasteiger partial charge in [0.15, 0.2) is 5.69 Å². The summed E-state index contributed by atoms with van der Waals surface area (Å²) in [5.74, 6) is -0.937. The molecule has 7 heteroatoms. The summed E-state index contributed by atoms with van der Waals surface area (Å²) < 4.78 is 1.20. The fourth-order valence-corrected chi connectivity index (χ4v) is 1.11. The van der Waals surface area contributed by atoms with Gasteiger partial charge in [-0.3, -0.25) is 4.79 Å². The van der Waals surface area contributed by atoms with E-state index in [1.54, 1.807) is 0 Å². The number of carboxylic acid groups (broad SMARTS) is 1. The summed E-state index contributed by atoms with van der Waals surface area (Å²) in [6.45, 7) is 4.68. The van der Waals surface area contributed by atoms with E-state index in [9.17, 15) is 9.59 Å². The van der Waals surface area contributed by atoms with E-state index < -0.39 is 5.97 Å². The van der Waals surface area contributed by atoms with Crippen LogP contribution in [0.5, 0.6) is 0 Å². The molecule has 0 aliphatic heterocycles. The average molecular weight is 240 g/mol. The molecule has 0 saturated carbocycles. The first kappa shape index (κ1) is 13.1. The molecule has 1 unspecified atom stereocenters.